The molecule has 3 nitrogen and oxygen atoms in total. The topological polar surface area (TPSA) is 63.3 Å². The molecule has 24 heavy (non-hydrogen) atoms. The summed E-state index contributed by atoms with van der Waals surface area (Å²) in [5, 5.41) is 9.89. The van der Waals surface area contributed by atoms with E-state index in [0.717, 1.165) is 5.69 Å². The van der Waals surface area contributed by atoms with Gasteiger partial charge in [-0.1, -0.05) is 78.4 Å². The van der Waals surface area contributed by atoms with Crippen LogP contribution in [0.1, 0.15) is 27.6 Å². The molecule has 3 aromatic rings. The van der Waals surface area contributed by atoms with Crippen LogP contribution >= 0.6 is 0 Å². The number of aliphatic hydroxyl groups excluding tert-OH is 1. The molecule has 3 aromatic carbocycles. The number of aliphatic hydroxyl groups is 1. The zero-order valence-electron chi connectivity index (χ0n) is 13.6. The average Bonchev–Trinajstić information content (AvgIpc) is 2.65. The minimum atomic E-state index is -1.08. The number of anilines is 1. The van der Waals surface area contributed by atoms with Crippen molar-refractivity contribution in [1.82, 2.24) is 0 Å². The van der Waals surface area contributed by atoms with Gasteiger partial charge in [0.05, 0.1) is 0 Å². The number of hydrogen-bond donors (Lipinski definition) is 2. The van der Waals surface area contributed by atoms with Crippen LogP contribution in [0.3, 0.4) is 0 Å². The Morgan fingerprint density at radius 3 is 1.83 bits per heavy atom. The summed E-state index contributed by atoms with van der Waals surface area (Å²) in [7, 11) is 0. The first kappa shape index (κ1) is 17.4. The highest BCUT2D eigenvalue weighted by Crippen LogP contribution is 2.17. The van der Waals surface area contributed by atoms with Gasteiger partial charge < -0.3 is 10.8 Å². The number of aryl methyl sites for hydroxylation is 1. The first-order valence-corrected chi connectivity index (χ1v) is 7.72. The number of carbonyl (C=O) groups is 1. The molecule has 3 rings (SSSR count). The van der Waals surface area contributed by atoms with E-state index in [1.807, 2.05) is 43.3 Å². The van der Waals surface area contributed by atoms with Crippen LogP contribution in [0.5, 0.6) is 0 Å². The Morgan fingerprint density at radius 1 is 0.833 bits per heavy atom. The molecule has 0 saturated heterocycles. The van der Waals surface area contributed by atoms with Crippen molar-refractivity contribution in [2.24, 2.45) is 0 Å². The van der Waals surface area contributed by atoms with Gasteiger partial charge in [-0.15, -0.1) is 0 Å². The van der Waals surface area contributed by atoms with Gasteiger partial charge in [-0.25, -0.2) is 0 Å². The van der Waals surface area contributed by atoms with E-state index in [4.69, 9.17) is 5.73 Å². The van der Waals surface area contributed by atoms with Crippen molar-refractivity contribution < 1.29 is 9.90 Å². The molecular weight excluding hydrogens is 298 g/mol. The van der Waals surface area contributed by atoms with Gasteiger partial charge in [-0.05, 0) is 24.6 Å². The summed E-state index contributed by atoms with van der Waals surface area (Å²) < 4.78 is 0. The number of nitrogens with two attached hydrogens (primary N) is 1. The molecule has 0 aliphatic carbocycles. The Hall–Kier alpha value is -2.91. The van der Waals surface area contributed by atoms with Crippen LogP contribution in [0.25, 0.3) is 0 Å². The number of Topliss-reactive ketones (excluding diaryl/α,β-unsaturated/α-hetero) is 1. The Balaban J connectivity index is 0.000000219. The van der Waals surface area contributed by atoms with Gasteiger partial charge in [0.2, 0.25) is 0 Å². The standard InChI is InChI=1S/C14H12O2.C7H9N/c15-13(11-7-3-1-4-8-11)14(16)12-9-5-2-6-10-12;1-6-2-4-7(8)5-3-6/h1-10,13,15H;2-5H,8H2,1H3. The highest BCUT2D eigenvalue weighted by Gasteiger charge is 2.18. The van der Waals surface area contributed by atoms with Crippen LogP contribution < -0.4 is 5.73 Å². The Labute approximate surface area is 142 Å². The van der Waals surface area contributed by atoms with Gasteiger partial charge >= 0.3 is 0 Å². The van der Waals surface area contributed by atoms with Crippen LogP contribution in [-0.4, -0.2) is 10.9 Å². The molecule has 3 heteroatoms. The van der Waals surface area contributed by atoms with Crippen molar-refractivity contribution in [1.29, 1.82) is 0 Å². The second kappa shape index (κ2) is 8.65. The maximum absolute atomic E-state index is 11.9. The van der Waals surface area contributed by atoms with Gasteiger partial charge in [0.25, 0.3) is 0 Å². The number of hydrogen-bond acceptors (Lipinski definition) is 3. The van der Waals surface area contributed by atoms with E-state index in [2.05, 4.69) is 0 Å². The van der Waals surface area contributed by atoms with Crippen molar-refractivity contribution in [2.75, 3.05) is 5.73 Å². The maximum Gasteiger partial charge on any atom is 0.195 e. The maximum atomic E-state index is 11.9. The second-order valence-corrected chi connectivity index (χ2v) is 5.45. The summed E-state index contributed by atoms with van der Waals surface area (Å²) in [6.45, 7) is 2.04. The monoisotopic (exact) mass is 319 g/mol. The van der Waals surface area contributed by atoms with Crippen LogP contribution in [0.2, 0.25) is 0 Å². The molecule has 0 saturated carbocycles. The highest BCUT2D eigenvalue weighted by molar-refractivity contribution is 5.99. The summed E-state index contributed by atoms with van der Waals surface area (Å²) in [5.41, 5.74) is 8.65. The third kappa shape index (κ3) is 5.07. The predicted octanol–water partition coefficient (Wildman–Crippen LogP) is 4.18. The lowest BCUT2D eigenvalue weighted by Crippen LogP contribution is -2.11. The molecule has 0 radical (unpaired) electrons. The lowest BCUT2D eigenvalue weighted by molar-refractivity contribution is 0.0747. The quantitative estimate of drug-likeness (QED) is 0.562. The SMILES string of the molecule is Cc1ccc(N)cc1.O=C(c1ccccc1)C(O)c1ccccc1. The van der Waals surface area contributed by atoms with E-state index >= 15 is 0 Å². The molecule has 0 spiro atoms. The molecule has 0 aliphatic rings. The van der Waals surface area contributed by atoms with Crippen molar-refractivity contribution in [3.63, 3.8) is 0 Å². The van der Waals surface area contributed by atoms with Crippen molar-refractivity contribution >= 4 is 11.5 Å². The van der Waals surface area contributed by atoms with E-state index in [1.54, 1.807) is 48.5 Å². The first-order valence-electron chi connectivity index (χ1n) is 7.72. The van der Waals surface area contributed by atoms with Crippen LogP contribution in [0.4, 0.5) is 5.69 Å². The molecule has 0 aliphatic heterocycles. The molecule has 3 N–H and O–H groups in total. The van der Waals surface area contributed by atoms with E-state index in [-0.39, 0.29) is 5.78 Å². The van der Waals surface area contributed by atoms with Gasteiger partial charge in [0.15, 0.2) is 5.78 Å². The Bertz CT molecular complexity index is 732. The van der Waals surface area contributed by atoms with Crippen LogP contribution in [0.15, 0.2) is 84.9 Å². The van der Waals surface area contributed by atoms with Crippen molar-refractivity contribution in [2.45, 2.75) is 13.0 Å². The number of carbonyl (C=O) groups excluding carboxylic acids is 1. The van der Waals surface area contributed by atoms with E-state index in [9.17, 15) is 9.90 Å². The third-order valence-electron chi connectivity index (χ3n) is 3.50. The minimum Gasteiger partial charge on any atom is -0.399 e. The molecular formula is C21H21NO2. The fourth-order valence-electron chi connectivity index (χ4n) is 2.11. The van der Waals surface area contributed by atoms with Gasteiger partial charge in [0, 0.05) is 11.3 Å². The predicted molar refractivity (Wildman–Crippen MR) is 97.8 cm³/mol. The summed E-state index contributed by atoms with van der Waals surface area (Å²) >= 11 is 0. The fraction of sp³-hybridized carbons (Fsp3) is 0.0952. The normalized spacial score (nSPS) is 11.1. The minimum absolute atomic E-state index is 0.271. The summed E-state index contributed by atoms with van der Waals surface area (Å²) in [4.78, 5) is 11.9. The number of rotatable bonds is 3. The number of nitrogen functional groups attached to an aromatic ring is 1. The van der Waals surface area contributed by atoms with Crippen LogP contribution in [0, 0.1) is 6.92 Å². The van der Waals surface area contributed by atoms with E-state index in [0.29, 0.717) is 11.1 Å². The van der Waals surface area contributed by atoms with Crippen LogP contribution in [-0.2, 0) is 0 Å². The zero-order chi connectivity index (χ0) is 17.4. The Kier molecular flexibility index (Phi) is 6.29. The molecule has 1 atom stereocenters. The smallest absolute Gasteiger partial charge is 0.195 e. The zero-order valence-corrected chi connectivity index (χ0v) is 13.6. The third-order valence-corrected chi connectivity index (χ3v) is 3.50. The van der Waals surface area contributed by atoms with Gasteiger partial charge in [-0.2, -0.15) is 0 Å². The fourth-order valence-corrected chi connectivity index (χ4v) is 2.11. The van der Waals surface area contributed by atoms with Gasteiger partial charge in [0.1, 0.15) is 6.10 Å². The Morgan fingerprint density at radius 2 is 1.33 bits per heavy atom. The molecule has 0 fully saturated rings. The number of ketones is 1. The highest BCUT2D eigenvalue weighted by atomic mass is 16.3. The lowest BCUT2D eigenvalue weighted by atomic mass is 10.0. The molecule has 0 amide bonds. The number of benzene rings is 3. The first-order chi connectivity index (χ1) is 11.6. The summed E-state index contributed by atoms with van der Waals surface area (Å²) in [6.07, 6.45) is -1.08. The van der Waals surface area contributed by atoms with E-state index < -0.39 is 6.10 Å². The lowest BCUT2D eigenvalue weighted by Gasteiger charge is -2.09. The average molecular weight is 319 g/mol. The summed E-state index contributed by atoms with van der Waals surface area (Å²) in [5.74, 6) is -0.271. The van der Waals surface area contributed by atoms with Gasteiger partial charge in [-0.3, -0.25) is 4.79 Å². The second-order valence-electron chi connectivity index (χ2n) is 5.45. The van der Waals surface area contributed by atoms with Crippen molar-refractivity contribution in [3.8, 4) is 0 Å². The molecule has 0 aromatic heterocycles. The molecule has 0 heterocycles. The molecule has 0 bridgehead atoms. The molecule has 1 unspecified atom stereocenters. The van der Waals surface area contributed by atoms with E-state index in [1.165, 1.54) is 5.56 Å². The summed E-state index contributed by atoms with van der Waals surface area (Å²) in [6, 6.07) is 25.5. The largest absolute Gasteiger partial charge is 0.399 e. The van der Waals surface area contributed by atoms with Crippen molar-refractivity contribution in [3.05, 3.63) is 102 Å². The molecule has 122 valence electrons.